The second kappa shape index (κ2) is 11.5. The van der Waals surface area contributed by atoms with E-state index in [1.54, 1.807) is 12.1 Å². The Kier molecular flexibility index (Phi) is 9.10. The highest BCUT2D eigenvalue weighted by atomic mass is 127. The fourth-order valence-electron chi connectivity index (χ4n) is 3.05. The number of guanidine groups is 1. The molecule has 3 aromatic rings. The van der Waals surface area contributed by atoms with Gasteiger partial charge >= 0.3 is 0 Å². The lowest BCUT2D eigenvalue weighted by molar-refractivity contribution is 0.0996. The van der Waals surface area contributed by atoms with Crippen LogP contribution < -0.4 is 16.0 Å². The maximum absolute atomic E-state index is 12.0. The SMILES string of the molecule is CCNC(=NCc1ccc(NC(=O)c2ccco2)cc1)NCc1c(C)nn(C)c1C.I. The van der Waals surface area contributed by atoms with Crippen LogP contribution in [-0.2, 0) is 20.1 Å². The highest BCUT2D eigenvalue weighted by Gasteiger charge is 2.10. The molecule has 8 nitrogen and oxygen atoms in total. The van der Waals surface area contributed by atoms with Crippen LogP contribution >= 0.6 is 24.0 Å². The topological polar surface area (TPSA) is 96.5 Å². The van der Waals surface area contributed by atoms with Crippen LogP contribution in [0.25, 0.3) is 0 Å². The molecule has 3 N–H and O–H groups in total. The predicted molar refractivity (Wildman–Crippen MR) is 133 cm³/mol. The molecule has 0 saturated carbocycles. The number of amides is 1. The van der Waals surface area contributed by atoms with E-state index < -0.39 is 0 Å². The van der Waals surface area contributed by atoms with Crippen molar-refractivity contribution in [1.29, 1.82) is 0 Å². The minimum absolute atomic E-state index is 0. The van der Waals surface area contributed by atoms with Crippen molar-refractivity contribution in [2.24, 2.45) is 12.0 Å². The third-order valence-corrected chi connectivity index (χ3v) is 4.81. The van der Waals surface area contributed by atoms with E-state index in [4.69, 9.17) is 4.42 Å². The molecule has 1 aromatic carbocycles. The molecule has 166 valence electrons. The van der Waals surface area contributed by atoms with Crippen molar-refractivity contribution in [3.8, 4) is 0 Å². The van der Waals surface area contributed by atoms with E-state index in [0.29, 0.717) is 18.8 Å². The lowest BCUT2D eigenvalue weighted by Crippen LogP contribution is -2.37. The van der Waals surface area contributed by atoms with Crippen molar-refractivity contribution in [3.63, 3.8) is 0 Å². The lowest BCUT2D eigenvalue weighted by Gasteiger charge is -2.12. The van der Waals surface area contributed by atoms with E-state index in [-0.39, 0.29) is 35.6 Å². The van der Waals surface area contributed by atoms with Gasteiger partial charge in [0.05, 0.1) is 18.5 Å². The third kappa shape index (κ3) is 6.58. The average Bonchev–Trinajstić information content (AvgIpc) is 3.35. The van der Waals surface area contributed by atoms with Gasteiger partial charge < -0.3 is 20.4 Å². The first-order chi connectivity index (χ1) is 14.5. The number of halogens is 1. The van der Waals surface area contributed by atoms with Gasteiger partial charge in [0, 0.05) is 37.1 Å². The third-order valence-electron chi connectivity index (χ3n) is 4.81. The summed E-state index contributed by atoms with van der Waals surface area (Å²) in [6, 6.07) is 10.9. The van der Waals surface area contributed by atoms with Crippen LogP contribution in [0, 0.1) is 13.8 Å². The first-order valence-corrected chi connectivity index (χ1v) is 9.93. The second-order valence-corrected chi connectivity index (χ2v) is 6.95. The number of anilines is 1. The summed E-state index contributed by atoms with van der Waals surface area (Å²) in [5.74, 6) is 0.755. The summed E-state index contributed by atoms with van der Waals surface area (Å²) in [5, 5.41) is 13.9. The molecule has 0 fully saturated rings. The zero-order chi connectivity index (χ0) is 21.5. The zero-order valence-corrected chi connectivity index (χ0v) is 20.6. The Morgan fingerprint density at radius 2 is 1.90 bits per heavy atom. The Labute approximate surface area is 199 Å². The fraction of sp³-hybridized carbons (Fsp3) is 0.318. The molecule has 0 saturated heterocycles. The summed E-state index contributed by atoms with van der Waals surface area (Å²) in [7, 11) is 1.95. The smallest absolute Gasteiger partial charge is 0.291 e. The van der Waals surface area contributed by atoms with Crippen LogP contribution in [-0.4, -0.2) is 28.2 Å². The molecule has 0 aliphatic heterocycles. The van der Waals surface area contributed by atoms with Crippen LogP contribution in [0.4, 0.5) is 5.69 Å². The zero-order valence-electron chi connectivity index (χ0n) is 18.2. The Hall–Kier alpha value is -2.82. The van der Waals surface area contributed by atoms with Crippen LogP contribution in [0.15, 0.2) is 52.1 Å². The average molecular weight is 536 g/mol. The number of aliphatic imine (C=N–C) groups is 1. The van der Waals surface area contributed by atoms with Gasteiger partial charge in [-0.1, -0.05) is 12.1 Å². The summed E-state index contributed by atoms with van der Waals surface area (Å²) in [4.78, 5) is 16.7. The standard InChI is InChI=1S/C22H28N6O2.HI/c1-5-23-22(25-14-19-15(2)27-28(4)16(19)3)24-13-17-8-10-18(11-9-17)26-21(29)20-7-6-12-30-20;/h6-12H,5,13-14H2,1-4H3,(H,26,29)(H2,23,24,25);1H. The van der Waals surface area contributed by atoms with E-state index >= 15 is 0 Å². The predicted octanol–water partition coefficient (Wildman–Crippen LogP) is 3.76. The molecule has 0 spiro atoms. The van der Waals surface area contributed by atoms with Gasteiger partial charge in [-0.2, -0.15) is 5.10 Å². The molecular weight excluding hydrogens is 507 g/mol. The maximum atomic E-state index is 12.0. The number of hydrogen-bond acceptors (Lipinski definition) is 4. The Morgan fingerprint density at radius 1 is 1.16 bits per heavy atom. The summed E-state index contributed by atoms with van der Waals surface area (Å²) in [6.07, 6.45) is 1.48. The monoisotopic (exact) mass is 536 g/mol. The number of furan rings is 1. The van der Waals surface area contributed by atoms with Gasteiger partial charge in [0.25, 0.3) is 5.91 Å². The van der Waals surface area contributed by atoms with E-state index in [0.717, 1.165) is 29.5 Å². The molecule has 0 bridgehead atoms. The van der Waals surface area contributed by atoms with Crippen LogP contribution in [0.2, 0.25) is 0 Å². The number of nitrogens with one attached hydrogen (secondary N) is 3. The molecule has 9 heteroatoms. The fourth-order valence-corrected chi connectivity index (χ4v) is 3.05. The molecule has 31 heavy (non-hydrogen) atoms. The quantitative estimate of drug-likeness (QED) is 0.243. The first kappa shape index (κ1) is 24.4. The van der Waals surface area contributed by atoms with Crippen molar-refractivity contribution in [3.05, 3.63) is 70.9 Å². The van der Waals surface area contributed by atoms with Gasteiger partial charge in [-0.3, -0.25) is 9.48 Å². The molecule has 1 amide bonds. The molecule has 2 aromatic heterocycles. The second-order valence-electron chi connectivity index (χ2n) is 6.95. The molecule has 0 radical (unpaired) electrons. The molecule has 3 rings (SSSR count). The minimum atomic E-state index is -0.273. The number of nitrogens with zero attached hydrogens (tertiary/aromatic N) is 3. The Balaban J connectivity index is 0.00000341. The number of carbonyl (C=O) groups excluding carboxylic acids is 1. The number of carbonyl (C=O) groups is 1. The minimum Gasteiger partial charge on any atom is -0.459 e. The van der Waals surface area contributed by atoms with Gasteiger partial charge in [0.1, 0.15) is 0 Å². The van der Waals surface area contributed by atoms with E-state index in [2.05, 4.69) is 33.0 Å². The lowest BCUT2D eigenvalue weighted by atomic mass is 10.2. The van der Waals surface area contributed by atoms with Crippen molar-refractivity contribution in [2.75, 3.05) is 11.9 Å². The molecular formula is C22H29IN6O2. The van der Waals surface area contributed by atoms with Crippen molar-refractivity contribution < 1.29 is 9.21 Å². The molecule has 0 aliphatic carbocycles. The number of benzene rings is 1. The number of aryl methyl sites for hydroxylation is 2. The van der Waals surface area contributed by atoms with Crippen LogP contribution in [0.1, 0.15) is 40.0 Å². The molecule has 0 atom stereocenters. The Morgan fingerprint density at radius 3 is 2.48 bits per heavy atom. The van der Waals surface area contributed by atoms with Gasteiger partial charge in [-0.15, -0.1) is 24.0 Å². The number of aromatic nitrogens is 2. The summed E-state index contributed by atoms with van der Waals surface area (Å²) in [5.41, 5.74) is 5.09. The molecule has 2 heterocycles. The largest absolute Gasteiger partial charge is 0.459 e. The summed E-state index contributed by atoms with van der Waals surface area (Å²) < 4.78 is 6.99. The van der Waals surface area contributed by atoms with Crippen molar-refractivity contribution in [1.82, 2.24) is 20.4 Å². The maximum Gasteiger partial charge on any atom is 0.291 e. The van der Waals surface area contributed by atoms with Gasteiger partial charge in [-0.25, -0.2) is 4.99 Å². The van der Waals surface area contributed by atoms with Gasteiger partial charge in [-0.05, 0) is 50.6 Å². The van der Waals surface area contributed by atoms with Gasteiger partial charge in [0.2, 0.25) is 0 Å². The van der Waals surface area contributed by atoms with Gasteiger partial charge in [0.15, 0.2) is 11.7 Å². The summed E-state index contributed by atoms with van der Waals surface area (Å²) >= 11 is 0. The summed E-state index contributed by atoms with van der Waals surface area (Å²) in [6.45, 7) is 8.07. The van der Waals surface area contributed by atoms with E-state index in [9.17, 15) is 4.79 Å². The molecule has 0 aliphatic rings. The van der Waals surface area contributed by atoms with Crippen molar-refractivity contribution >= 4 is 41.5 Å². The number of rotatable bonds is 7. The van der Waals surface area contributed by atoms with E-state index in [1.165, 1.54) is 11.8 Å². The first-order valence-electron chi connectivity index (χ1n) is 9.93. The van der Waals surface area contributed by atoms with Crippen LogP contribution in [0.5, 0.6) is 0 Å². The number of hydrogen-bond donors (Lipinski definition) is 3. The highest BCUT2D eigenvalue weighted by Crippen LogP contribution is 2.13. The Bertz CT molecular complexity index is 1010. The van der Waals surface area contributed by atoms with E-state index in [1.807, 2.05) is 49.8 Å². The van der Waals surface area contributed by atoms with Crippen LogP contribution in [0.3, 0.4) is 0 Å². The highest BCUT2D eigenvalue weighted by molar-refractivity contribution is 14.0. The normalized spacial score (nSPS) is 11.0. The van der Waals surface area contributed by atoms with Crippen molar-refractivity contribution in [2.45, 2.75) is 33.9 Å². The molecule has 0 unspecified atom stereocenters.